The van der Waals surface area contributed by atoms with Gasteiger partial charge in [0.2, 0.25) is 0 Å². The Kier molecular flexibility index (Phi) is 4.77. The zero-order chi connectivity index (χ0) is 14.6. The second kappa shape index (κ2) is 5.92. The van der Waals surface area contributed by atoms with Crippen LogP contribution in [-0.2, 0) is 0 Å². The molecule has 0 saturated heterocycles. The number of amides is 2. The average Bonchev–Trinajstić information content (AvgIpc) is 2.30. The van der Waals surface area contributed by atoms with Crippen LogP contribution in [0.15, 0.2) is 24.3 Å². The molecule has 2 N–H and O–H groups in total. The minimum Gasteiger partial charge on any atom is -0.382 e. The van der Waals surface area contributed by atoms with E-state index in [1.54, 1.807) is 24.3 Å². The standard InChI is InChI=1S/C12H15F3N2O2/c1-8-3-5-9(6-4-8)16-11(19)17(2)7-10(18)12(13,14)15/h3-6,10,18H,7H2,1-2H3,(H,16,19). The molecule has 0 aliphatic heterocycles. The Balaban J connectivity index is 2.56. The minimum atomic E-state index is -4.74. The third-order valence-corrected chi connectivity index (χ3v) is 2.47. The Morgan fingerprint density at radius 3 is 2.37 bits per heavy atom. The Morgan fingerprint density at radius 2 is 1.89 bits per heavy atom. The summed E-state index contributed by atoms with van der Waals surface area (Å²) >= 11 is 0. The average molecular weight is 276 g/mol. The van der Waals surface area contributed by atoms with Gasteiger partial charge in [-0.2, -0.15) is 13.2 Å². The molecular formula is C12H15F3N2O2. The maximum atomic E-state index is 12.1. The van der Waals surface area contributed by atoms with E-state index < -0.39 is 24.9 Å². The molecule has 4 nitrogen and oxygen atoms in total. The molecule has 1 rings (SSSR count). The zero-order valence-corrected chi connectivity index (χ0v) is 10.5. The van der Waals surface area contributed by atoms with E-state index in [1.165, 1.54) is 7.05 Å². The second-order valence-corrected chi connectivity index (χ2v) is 4.23. The Labute approximate surface area is 108 Å². The lowest BCUT2D eigenvalue weighted by Gasteiger charge is -2.22. The summed E-state index contributed by atoms with van der Waals surface area (Å²) in [6, 6.07) is 6.09. The van der Waals surface area contributed by atoms with Crippen LogP contribution in [0.5, 0.6) is 0 Å². The normalized spacial score (nSPS) is 12.9. The van der Waals surface area contributed by atoms with Gasteiger partial charge in [-0.3, -0.25) is 0 Å². The molecule has 0 spiro atoms. The van der Waals surface area contributed by atoms with E-state index in [1.807, 2.05) is 6.92 Å². The monoisotopic (exact) mass is 276 g/mol. The first kappa shape index (κ1) is 15.3. The number of nitrogens with one attached hydrogen (secondary N) is 1. The number of urea groups is 1. The molecule has 106 valence electrons. The quantitative estimate of drug-likeness (QED) is 0.890. The number of alkyl halides is 3. The van der Waals surface area contributed by atoms with E-state index in [0.717, 1.165) is 10.5 Å². The van der Waals surface area contributed by atoms with Crippen molar-refractivity contribution < 1.29 is 23.1 Å². The first-order valence-corrected chi connectivity index (χ1v) is 5.53. The second-order valence-electron chi connectivity index (χ2n) is 4.23. The van der Waals surface area contributed by atoms with E-state index in [0.29, 0.717) is 5.69 Å². The summed E-state index contributed by atoms with van der Waals surface area (Å²) in [5.74, 6) is 0. The summed E-state index contributed by atoms with van der Waals surface area (Å²) in [5, 5.41) is 11.3. The van der Waals surface area contributed by atoms with Gasteiger partial charge in [0, 0.05) is 12.7 Å². The third-order valence-electron chi connectivity index (χ3n) is 2.47. The number of likely N-dealkylation sites (N-methyl/N-ethyl adjacent to an activating group) is 1. The fraction of sp³-hybridized carbons (Fsp3) is 0.417. The molecule has 0 fully saturated rings. The van der Waals surface area contributed by atoms with Crippen LogP contribution >= 0.6 is 0 Å². The molecule has 0 bridgehead atoms. The number of aliphatic hydroxyl groups excluding tert-OH is 1. The van der Waals surface area contributed by atoms with Gasteiger partial charge in [-0.05, 0) is 19.1 Å². The molecule has 1 aromatic carbocycles. The number of benzene rings is 1. The van der Waals surface area contributed by atoms with Crippen molar-refractivity contribution in [2.24, 2.45) is 0 Å². The van der Waals surface area contributed by atoms with Crippen LogP contribution in [0.3, 0.4) is 0 Å². The smallest absolute Gasteiger partial charge is 0.382 e. The van der Waals surface area contributed by atoms with Gasteiger partial charge in [0.15, 0.2) is 6.10 Å². The highest BCUT2D eigenvalue weighted by molar-refractivity contribution is 5.89. The molecule has 2 amide bonds. The molecule has 1 atom stereocenters. The molecule has 0 radical (unpaired) electrons. The number of aryl methyl sites for hydroxylation is 1. The van der Waals surface area contributed by atoms with Crippen LogP contribution in [0.1, 0.15) is 5.56 Å². The van der Waals surface area contributed by atoms with Crippen LogP contribution < -0.4 is 5.32 Å². The lowest BCUT2D eigenvalue weighted by atomic mass is 10.2. The molecule has 1 aromatic rings. The van der Waals surface area contributed by atoms with Crippen LogP contribution in [0, 0.1) is 6.92 Å². The predicted octanol–water partition coefficient (Wildman–Crippen LogP) is 2.38. The number of carbonyl (C=O) groups is 1. The highest BCUT2D eigenvalue weighted by Crippen LogP contribution is 2.20. The number of halogens is 3. The lowest BCUT2D eigenvalue weighted by Crippen LogP contribution is -2.43. The van der Waals surface area contributed by atoms with E-state index in [2.05, 4.69) is 5.32 Å². The highest BCUT2D eigenvalue weighted by Gasteiger charge is 2.39. The largest absolute Gasteiger partial charge is 0.416 e. The molecule has 0 aromatic heterocycles. The molecule has 0 heterocycles. The van der Waals surface area contributed by atoms with Crippen molar-refractivity contribution in [3.05, 3.63) is 29.8 Å². The molecule has 0 aliphatic carbocycles. The number of hydrogen-bond donors (Lipinski definition) is 2. The van der Waals surface area contributed by atoms with Crippen molar-refractivity contribution in [1.29, 1.82) is 0 Å². The fourth-order valence-electron chi connectivity index (χ4n) is 1.30. The topological polar surface area (TPSA) is 52.6 Å². The Hall–Kier alpha value is -1.76. The summed E-state index contributed by atoms with van der Waals surface area (Å²) in [4.78, 5) is 12.4. The fourth-order valence-corrected chi connectivity index (χ4v) is 1.30. The van der Waals surface area contributed by atoms with Crippen LogP contribution in [-0.4, -0.2) is 41.9 Å². The predicted molar refractivity (Wildman–Crippen MR) is 64.9 cm³/mol. The van der Waals surface area contributed by atoms with Crippen molar-refractivity contribution in [3.8, 4) is 0 Å². The molecule has 1 unspecified atom stereocenters. The minimum absolute atomic E-state index is 0.476. The number of aliphatic hydroxyl groups is 1. The number of carbonyl (C=O) groups excluding carboxylic acids is 1. The van der Waals surface area contributed by atoms with Crippen molar-refractivity contribution in [3.63, 3.8) is 0 Å². The van der Waals surface area contributed by atoms with Crippen molar-refractivity contribution in [2.45, 2.75) is 19.2 Å². The third kappa shape index (κ3) is 4.78. The number of anilines is 1. The van der Waals surface area contributed by atoms with Gasteiger partial charge >= 0.3 is 12.2 Å². The van der Waals surface area contributed by atoms with Crippen LogP contribution in [0.4, 0.5) is 23.7 Å². The van der Waals surface area contributed by atoms with Crippen molar-refractivity contribution in [2.75, 3.05) is 18.9 Å². The Morgan fingerprint density at radius 1 is 1.37 bits per heavy atom. The summed E-state index contributed by atoms with van der Waals surface area (Å²) in [6.07, 6.45) is -7.29. The van der Waals surface area contributed by atoms with E-state index in [-0.39, 0.29) is 0 Å². The van der Waals surface area contributed by atoms with Gasteiger partial charge < -0.3 is 15.3 Å². The molecule has 7 heteroatoms. The van der Waals surface area contributed by atoms with E-state index in [9.17, 15) is 18.0 Å². The van der Waals surface area contributed by atoms with Gasteiger partial charge in [0.1, 0.15) is 0 Å². The van der Waals surface area contributed by atoms with Crippen LogP contribution in [0.2, 0.25) is 0 Å². The molecular weight excluding hydrogens is 261 g/mol. The van der Waals surface area contributed by atoms with Crippen molar-refractivity contribution >= 4 is 11.7 Å². The first-order valence-electron chi connectivity index (χ1n) is 5.53. The van der Waals surface area contributed by atoms with E-state index >= 15 is 0 Å². The maximum Gasteiger partial charge on any atom is 0.416 e. The lowest BCUT2D eigenvalue weighted by molar-refractivity contribution is -0.205. The number of nitrogens with zero attached hydrogens (tertiary/aromatic N) is 1. The van der Waals surface area contributed by atoms with Crippen molar-refractivity contribution in [1.82, 2.24) is 4.90 Å². The van der Waals surface area contributed by atoms with Gasteiger partial charge in [0.05, 0.1) is 6.54 Å². The SMILES string of the molecule is Cc1ccc(NC(=O)N(C)CC(O)C(F)(F)F)cc1. The van der Waals surface area contributed by atoms with Gasteiger partial charge in [0.25, 0.3) is 0 Å². The molecule has 0 aliphatic rings. The molecule has 0 saturated carbocycles. The first-order chi connectivity index (χ1) is 8.70. The summed E-state index contributed by atoms with van der Waals surface area (Å²) in [6.45, 7) is 1.05. The molecule has 19 heavy (non-hydrogen) atoms. The Bertz CT molecular complexity index is 432. The number of rotatable bonds is 3. The van der Waals surface area contributed by atoms with Gasteiger partial charge in [-0.1, -0.05) is 17.7 Å². The van der Waals surface area contributed by atoms with Crippen LogP contribution in [0.25, 0.3) is 0 Å². The highest BCUT2D eigenvalue weighted by atomic mass is 19.4. The van der Waals surface area contributed by atoms with Gasteiger partial charge in [-0.25, -0.2) is 4.79 Å². The summed E-state index contributed by atoms with van der Waals surface area (Å²) < 4.78 is 36.4. The number of hydrogen-bond acceptors (Lipinski definition) is 2. The maximum absolute atomic E-state index is 12.1. The summed E-state index contributed by atoms with van der Waals surface area (Å²) in [7, 11) is 1.18. The zero-order valence-electron chi connectivity index (χ0n) is 10.5. The summed E-state index contributed by atoms with van der Waals surface area (Å²) in [5.41, 5.74) is 1.47. The van der Waals surface area contributed by atoms with Gasteiger partial charge in [-0.15, -0.1) is 0 Å². The van der Waals surface area contributed by atoms with E-state index in [4.69, 9.17) is 5.11 Å².